The summed E-state index contributed by atoms with van der Waals surface area (Å²) in [5, 5.41) is 3.22. The molecule has 0 unspecified atom stereocenters. The van der Waals surface area contributed by atoms with Crippen LogP contribution in [-0.2, 0) is 0 Å². The predicted molar refractivity (Wildman–Crippen MR) is 64.7 cm³/mol. The Kier molecular flexibility index (Phi) is 2.77. The molecule has 5 nitrogen and oxygen atoms in total. The maximum absolute atomic E-state index is 4.47. The molecule has 2 aromatic heterocycles. The van der Waals surface area contributed by atoms with Crippen LogP contribution in [0.5, 0.6) is 0 Å². The lowest BCUT2D eigenvalue weighted by Crippen LogP contribution is -2.02. The summed E-state index contributed by atoms with van der Waals surface area (Å²) in [6.45, 7) is 8.96. The number of hydrogen-bond donors (Lipinski definition) is 2. The first-order valence-electron chi connectivity index (χ1n) is 5.60. The first-order valence-corrected chi connectivity index (χ1v) is 5.60. The summed E-state index contributed by atoms with van der Waals surface area (Å²) >= 11 is 0. The fourth-order valence-electron chi connectivity index (χ4n) is 1.59. The summed E-state index contributed by atoms with van der Waals surface area (Å²) in [6, 6.07) is 0. The zero-order chi connectivity index (χ0) is 11.7. The second kappa shape index (κ2) is 4.08. The van der Waals surface area contributed by atoms with E-state index in [9.17, 15) is 0 Å². The lowest BCUT2D eigenvalue weighted by Gasteiger charge is -2.03. The highest BCUT2D eigenvalue weighted by atomic mass is 15.1. The van der Waals surface area contributed by atoms with Crippen LogP contribution in [0.4, 0.5) is 5.82 Å². The second-order valence-electron chi connectivity index (χ2n) is 4.13. The van der Waals surface area contributed by atoms with Crippen LogP contribution in [0.25, 0.3) is 11.2 Å². The molecule has 86 valence electrons. The molecular weight excluding hydrogens is 202 g/mol. The topological polar surface area (TPSA) is 66.5 Å². The van der Waals surface area contributed by atoms with Gasteiger partial charge in [0.1, 0.15) is 17.2 Å². The van der Waals surface area contributed by atoms with Gasteiger partial charge in [-0.3, -0.25) is 0 Å². The molecule has 0 aliphatic rings. The minimum absolute atomic E-state index is 0.365. The van der Waals surface area contributed by atoms with Gasteiger partial charge in [0.25, 0.3) is 0 Å². The third kappa shape index (κ3) is 1.85. The second-order valence-corrected chi connectivity index (χ2v) is 4.13. The molecule has 0 bridgehead atoms. The molecule has 0 saturated heterocycles. The standard InChI is InChI=1S/C11H17N5/c1-5-12-10-8-11(14-7(4)13-10)16-9(15-8)6(2)3/h6H,5H2,1-4H3,(H2,12,13,14,15,16). The smallest absolute Gasteiger partial charge is 0.183 e. The van der Waals surface area contributed by atoms with Crippen LogP contribution in [0.2, 0.25) is 0 Å². The van der Waals surface area contributed by atoms with Crippen LogP contribution in [0.1, 0.15) is 38.3 Å². The van der Waals surface area contributed by atoms with Crippen molar-refractivity contribution in [2.45, 2.75) is 33.6 Å². The van der Waals surface area contributed by atoms with Crippen molar-refractivity contribution in [3.05, 3.63) is 11.6 Å². The number of fused-ring (bicyclic) bond motifs is 1. The quantitative estimate of drug-likeness (QED) is 0.830. The fourth-order valence-corrected chi connectivity index (χ4v) is 1.59. The van der Waals surface area contributed by atoms with Gasteiger partial charge in [0.15, 0.2) is 11.5 Å². The van der Waals surface area contributed by atoms with Crippen molar-refractivity contribution in [2.24, 2.45) is 0 Å². The van der Waals surface area contributed by atoms with E-state index in [0.717, 1.165) is 35.2 Å². The van der Waals surface area contributed by atoms with Crippen molar-refractivity contribution >= 4 is 17.0 Å². The van der Waals surface area contributed by atoms with Crippen LogP contribution in [-0.4, -0.2) is 26.5 Å². The number of rotatable bonds is 3. The lowest BCUT2D eigenvalue weighted by atomic mass is 10.2. The number of aromatic amines is 1. The number of aromatic nitrogens is 4. The van der Waals surface area contributed by atoms with Crippen molar-refractivity contribution in [1.29, 1.82) is 0 Å². The Bertz CT molecular complexity index is 500. The van der Waals surface area contributed by atoms with Gasteiger partial charge in [-0.1, -0.05) is 13.8 Å². The SMILES string of the molecule is CCNc1nc(C)nc2nc(C(C)C)[nH]c12. The van der Waals surface area contributed by atoms with Gasteiger partial charge < -0.3 is 10.3 Å². The molecule has 0 aliphatic carbocycles. The van der Waals surface area contributed by atoms with Gasteiger partial charge in [0.05, 0.1) is 0 Å². The van der Waals surface area contributed by atoms with Crippen molar-refractivity contribution in [2.75, 3.05) is 11.9 Å². The van der Waals surface area contributed by atoms with E-state index in [2.05, 4.69) is 39.1 Å². The minimum Gasteiger partial charge on any atom is -0.368 e. The van der Waals surface area contributed by atoms with Gasteiger partial charge in [0.2, 0.25) is 0 Å². The summed E-state index contributed by atoms with van der Waals surface area (Å²) in [6.07, 6.45) is 0. The van der Waals surface area contributed by atoms with Crippen LogP contribution < -0.4 is 5.32 Å². The highest BCUT2D eigenvalue weighted by Gasteiger charge is 2.12. The monoisotopic (exact) mass is 219 g/mol. The van der Waals surface area contributed by atoms with E-state index in [4.69, 9.17) is 0 Å². The van der Waals surface area contributed by atoms with Gasteiger partial charge in [-0.05, 0) is 13.8 Å². The molecule has 0 aliphatic heterocycles. The van der Waals surface area contributed by atoms with E-state index >= 15 is 0 Å². The van der Waals surface area contributed by atoms with E-state index in [1.807, 2.05) is 13.8 Å². The Morgan fingerprint density at radius 3 is 2.62 bits per heavy atom. The van der Waals surface area contributed by atoms with Crippen LogP contribution in [0.3, 0.4) is 0 Å². The van der Waals surface area contributed by atoms with Gasteiger partial charge in [-0.15, -0.1) is 0 Å². The molecule has 2 heterocycles. The zero-order valence-electron chi connectivity index (χ0n) is 10.1. The van der Waals surface area contributed by atoms with Crippen molar-refractivity contribution in [1.82, 2.24) is 19.9 Å². The summed E-state index contributed by atoms with van der Waals surface area (Å²) < 4.78 is 0. The lowest BCUT2D eigenvalue weighted by molar-refractivity contribution is 0.798. The van der Waals surface area contributed by atoms with Gasteiger partial charge in [-0.2, -0.15) is 0 Å². The van der Waals surface area contributed by atoms with E-state index in [-0.39, 0.29) is 0 Å². The van der Waals surface area contributed by atoms with Crippen LogP contribution in [0, 0.1) is 6.92 Å². The Morgan fingerprint density at radius 2 is 2.00 bits per heavy atom. The first-order chi connectivity index (χ1) is 7.61. The first kappa shape index (κ1) is 10.9. The normalized spacial score (nSPS) is 11.3. The predicted octanol–water partition coefficient (Wildman–Crippen LogP) is 2.22. The van der Waals surface area contributed by atoms with E-state index < -0.39 is 0 Å². The zero-order valence-corrected chi connectivity index (χ0v) is 10.1. The van der Waals surface area contributed by atoms with Crippen molar-refractivity contribution in [3.63, 3.8) is 0 Å². The molecule has 16 heavy (non-hydrogen) atoms. The number of H-pyrrole nitrogens is 1. The largest absolute Gasteiger partial charge is 0.368 e. The molecule has 0 saturated carbocycles. The average molecular weight is 219 g/mol. The van der Waals surface area contributed by atoms with Gasteiger partial charge >= 0.3 is 0 Å². The summed E-state index contributed by atoms with van der Waals surface area (Å²) in [5.74, 6) is 2.90. The molecule has 0 aromatic carbocycles. The van der Waals surface area contributed by atoms with Crippen LogP contribution in [0.15, 0.2) is 0 Å². The maximum atomic E-state index is 4.47. The van der Waals surface area contributed by atoms with Crippen LogP contribution >= 0.6 is 0 Å². The number of aryl methyl sites for hydroxylation is 1. The van der Waals surface area contributed by atoms with Crippen molar-refractivity contribution in [3.8, 4) is 0 Å². The number of nitrogens with zero attached hydrogens (tertiary/aromatic N) is 3. The number of anilines is 1. The third-order valence-electron chi connectivity index (χ3n) is 2.37. The highest BCUT2D eigenvalue weighted by molar-refractivity contribution is 5.82. The maximum Gasteiger partial charge on any atom is 0.183 e. The molecular formula is C11H17N5. The molecule has 0 atom stereocenters. The number of imidazole rings is 1. The Morgan fingerprint density at radius 1 is 1.25 bits per heavy atom. The molecule has 0 spiro atoms. The number of nitrogens with one attached hydrogen (secondary N) is 2. The molecule has 0 fully saturated rings. The molecule has 2 rings (SSSR count). The Hall–Kier alpha value is -1.65. The van der Waals surface area contributed by atoms with E-state index in [1.165, 1.54) is 0 Å². The summed E-state index contributed by atoms with van der Waals surface area (Å²) in [7, 11) is 0. The molecule has 0 amide bonds. The molecule has 5 heteroatoms. The minimum atomic E-state index is 0.365. The molecule has 2 N–H and O–H groups in total. The number of hydrogen-bond acceptors (Lipinski definition) is 4. The Labute approximate surface area is 94.7 Å². The third-order valence-corrected chi connectivity index (χ3v) is 2.37. The average Bonchev–Trinajstić information content (AvgIpc) is 2.61. The van der Waals surface area contributed by atoms with Crippen molar-refractivity contribution < 1.29 is 0 Å². The fraction of sp³-hybridized carbons (Fsp3) is 0.545. The Balaban J connectivity index is 2.60. The summed E-state index contributed by atoms with van der Waals surface area (Å²) in [4.78, 5) is 16.4. The van der Waals surface area contributed by atoms with E-state index in [1.54, 1.807) is 0 Å². The molecule has 0 radical (unpaired) electrons. The van der Waals surface area contributed by atoms with Gasteiger partial charge in [-0.25, -0.2) is 15.0 Å². The van der Waals surface area contributed by atoms with Gasteiger partial charge in [0, 0.05) is 12.5 Å². The highest BCUT2D eigenvalue weighted by Crippen LogP contribution is 2.21. The summed E-state index contributed by atoms with van der Waals surface area (Å²) in [5.41, 5.74) is 1.64. The van der Waals surface area contributed by atoms with E-state index in [0.29, 0.717) is 5.92 Å². The molecule has 2 aromatic rings.